The number of rotatable bonds is 4. The minimum Gasteiger partial charge on any atom is -0.307 e. The third-order valence-corrected chi connectivity index (χ3v) is 6.09. The molecule has 4 aromatic rings. The molecule has 7 nitrogen and oxygen atoms in total. The molecule has 8 heteroatoms. The summed E-state index contributed by atoms with van der Waals surface area (Å²) in [7, 11) is 2.09. The number of carbonyl (C=O) groups is 1. The maximum Gasteiger partial charge on any atom is 0.256 e. The van der Waals surface area contributed by atoms with Gasteiger partial charge in [0.25, 0.3) is 5.91 Å². The van der Waals surface area contributed by atoms with E-state index in [2.05, 4.69) is 43.3 Å². The van der Waals surface area contributed by atoms with Gasteiger partial charge in [-0.2, -0.15) is 0 Å². The molecule has 1 aliphatic heterocycles. The summed E-state index contributed by atoms with van der Waals surface area (Å²) >= 11 is 1.54. The normalized spacial score (nSPS) is 14.4. The number of carbonyl (C=O) groups excluding carboxylic acids is 1. The van der Waals surface area contributed by atoms with Crippen molar-refractivity contribution in [1.29, 1.82) is 0 Å². The highest BCUT2D eigenvalue weighted by atomic mass is 32.1. The lowest BCUT2D eigenvalue weighted by molar-refractivity contribution is 0.102. The molecule has 0 spiro atoms. The van der Waals surface area contributed by atoms with Crippen LogP contribution in [0, 0.1) is 0 Å². The monoisotopic (exact) mass is 428 g/mol. The van der Waals surface area contributed by atoms with Crippen LogP contribution in [0.1, 0.15) is 22.5 Å². The smallest absolute Gasteiger partial charge is 0.256 e. The van der Waals surface area contributed by atoms with Gasteiger partial charge in [-0.15, -0.1) is 11.3 Å². The van der Waals surface area contributed by atoms with Gasteiger partial charge >= 0.3 is 0 Å². The Morgan fingerprint density at radius 2 is 1.97 bits per heavy atom. The van der Waals surface area contributed by atoms with Crippen LogP contribution in [0.15, 0.2) is 60.6 Å². The van der Waals surface area contributed by atoms with E-state index in [1.807, 2.05) is 18.2 Å². The Labute approximate surface area is 183 Å². The van der Waals surface area contributed by atoms with E-state index in [-0.39, 0.29) is 5.91 Å². The van der Waals surface area contributed by atoms with Gasteiger partial charge in [0.15, 0.2) is 0 Å². The molecule has 0 atom stereocenters. The average Bonchev–Trinajstić information content (AvgIpc) is 3.34. The molecule has 5 rings (SSSR count). The molecule has 4 aromatic heterocycles. The van der Waals surface area contributed by atoms with Crippen molar-refractivity contribution in [3.63, 3.8) is 0 Å². The quantitative estimate of drug-likeness (QED) is 0.526. The maximum absolute atomic E-state index is 12.9. The van der Waals surface area contributed by atoms with Crippen LogP contribution in [-0.2, 0) is 0 Å². The average molecular weight is 429 g/mol. The van der Waals surface area contributed by atoms with Gasteiger partial charge in [-0.1, -0.05) is 6.08 Å². The number of aromatic nitrogens is 4. The Balaban J connectivity index is 1.38. The van der Waals surface area contributed by atoms with Crippen LogP contribution in [0.3, 0.4) is 0 Å². The van der Waals surface area contributed by atoms with Gasteiger partial charge in [0.05, 0.1) is 21.8 Å². The third kappa shape index (κ3) is 4.21. The first-order valence-electron chi connectivity index (χ1n) is 9.96. The molecule has 0 unspecified atom stereocenters. The lowest BCUT2D eigenvalue weighted by atomic mass is 10.0. The molecule has 0 radical (unpaired) electrons. The van der Waals surface area contributed by atoms with E-state index >= 15 is 0 Å². The number of nitrogens with zero attached hydrogens (tertiary/aromatic N) is 5. The SMILES string of the molecule is CN1CC=C(c2cc(C(=O)Nc3cc4cc(-c5cncs5)ncc4cn3)ccn2)CC1. The van der Waals surface area contributed by atoms with Crippen molar-refractivity contribution < 1.29 is 4.79 Å². The number of anilines is 1. The summed E-state index contributed by atoms with van der Waals surface area (Å²) < 4.78 is 0. The summed E-state index contributed by atoms with van der Waals surface area (Å²) in [6.45, 7) is 1.89. The second-order valence-electron chi connectivity index (χ2n) is 7.48. The fourth-order valence-electron chi connectivity index (χ4n) is 3.52. The molecule has 1 amide bonds. The number of nitrogens with one attached hydrogen (secondary N) is 1. The van der Waals surface area contributed by atoms with E-state index < -0.39 is 0 Å². The number of pyridine rings is 3. The number of fused-ring (bicyclic) bond motifs is 1. The number of likely N-dealkylation sites (N-methyl/N-ethyl adjacent to an activating group) is 1. The predicted molar refractivity (Wildman–Crippen MR) is 123 cm³/mol. The summed E-state index contributed by atoms with van der Waals surface area (Å²) in [6.07, 6.45) is 10.1. The summed E-state index contributed by atoms with van der Waals surface area (Å²) in [4.78, 5) is 33.5. The first-order chi connectivity index (χ1) is 15.2. The van der Waals surface area contributed by atoms with Gasteiger partial charge in [-0.25, -0.2) is 4.98 Å². The molecule has 0 aromatic carbocycles. The molecule has 1 aliphatic rings. The van der Waals surface area contributed by atoms with Crippen molar-refractivity contribution in [3.05, 3.63) is 71.9 Å². The molecule has 1 N–H and O–H groups in total. The van der Waals surface area contributed by atoms with Crippen molar-refractivity contribution in [2.75, 3.05) is 25.5 Å². The van der Waals surface area contributed by atoms with E-state index in [0.717, 1.165) is 46.5 Å². The molecule has 0 saturated heterocycles. The van der Waals surface area contributed by atoms with E-state index in [0.29, 0.717) is 11.4 Å². The van der Waals surface area contributed by atoms with Crippen molar-refractivity contribution in [2.24, 2.45) is 0 Å². The Hall–Kier alpha value is -3.49. The fraction of sp³-hybridized carbons (Fsp3) is 0.174. The maximum atomic E-state index is 12.9. The van der Waals surface area contributed by atoms with Crippen LogP contribution >= 0.6 is 11.3 Å². The van der Waals surface area contributed by atoms with Crippen LogP contribution in [0.5, 0.6) is 0 Å². The van der Waals surface area contributed by atoms with E-state index in [4.69, 9.17) is 0 Å². The second-order valence-corrected chi connectivity index (χ2v) is 8.36. The highest BCUT2D eigenvalue weighted by Gasteiger charge is 2.14. The molecular weight excluding hydrogens is 408 g/mol. The summed E-state index contributed by atoms with van der Waals surface area (Å²) in [5.74, 6) is 0.289. The van der Waals surface area contributed by atoms with Gasteiger partial charge in [0.2, 0.25) is 0 Å². The fourth-order valence-corrected chi connectivity index (χ4v) is 4.11. The van der Waals surface area contributed by atoms with Crippen LogP contribution < -0.4 is 5.32 Å². The molecule has 154 valence electrons. The highest BCUT2D eigenvalue weighted by Crippen LogP contribution is 2.26. The molecule has 31 heavy (non-hydrogen) atoms. The zero-order valence-electron chi connectivity index (χ0n) is 16.9. The zero-order valence-corrected chi connectivity index (χ0v) is 17.8. The van der Waals surface area contributed by atoms with E-state index in [1.54, 1.807) is 36.4 Å². The van der Waals surface area contributed by atoms with Gasteiger partial charge in [-0.3, -0.25) is 19.7 Å². The molecule has 0 bridgehead atoms. The summed E-state index contributed by atoms with van der Waals surface area (Å²) in [6, 6.07) is 7.42. The molecule has 5 heterocycles. The number of hydrogen-bond acceptors (Lipinski definition) is 7. The van der Waals surface area contributed by atoms with Crippen LogP contribution in [0.25, 0.3) is 26.9 Å². The Kier molecular flexibility index (Phi) is 5.23. The Morgan fingerprint density at radius 3 is 2.77 bits per heavy atom. The molecular formula is C23H20N6OS. The van der Waals surface area contributed by atoms with Gasteiger partial charge < -0.3 is 10.2 Å². The largest absolute Gasteiger partial charge is 0.307 e. The number of amides is 1. The second kappa shape index (κ2) is 8.33. The Morgan fingerprint density at radius 1 is 1.06 bits per heavy atom. The first-order valence-corrected chi connectivity index (χ1v) is 10.8. The van der Waals surface area contributed by atoms with Crippen molar-refractivity contribution >= 4 is 39.4 Å². The number of thiazole rings is 1. The lowest BCUT2D eigenvalue weighted by Crippen LogP contribution is -2.24. The van der Waals surface area contributed by atoms with Crippen molar-refractivity contribution in [3.8, 4) is 10.6 Å². The topological polar surface area (TPSA) is 83.9 Å². The third-order valence-electron chi connectivity index (χ3n) is 5.29. The van der Waals surface area contributed by atoms with Crippen LogP contribution in [0.2, 0.25) is 0 Å². The minimum atomic E-state index is -0.208. The van der Waals surface area contributed by atoms with Crippen LogP contribution in [-0.4, -0.2) is 50.9 Å². The van der Waals surface area contributed by atoms with Gasteiger partial charge in [0.1, 0.15) is 5.82 Å². The first kappa shape index (κ1) is 19.5. The van der Waals surface area contributed by atoms with Crippen molar-refractivity contribution in [1.82, 2.24) is 24.8 Å². The van der Waals surface area contributed by atoms with Gasteiger partial charge in [0, 0.05) is 48.8 Å². The molecule has 0 saturated carbocycles. The van der Waals surface area contributed by atoms with Crippen molar-refractivity contribution in [2.45, 2.75) is 6.42 Å². The van der Waals surface area contributed by atoms with E-state index in [9.17, 15) is 4.79 Å². The highest BCUT2D eigenvalue weighted by molar-refractivity contribution is 7.13. The standard InChI is InChI=1S/C23H20N6OS/c1-29-6-3-15(4-7-29)19-8-16(2-5-25-19)23(30)28-22-10-17-9-20(21-13-24-14-31-21)26-11-18(17)12-27-22/h2-3,5,8-14H,4,6-7H2,1H3,(H,27,28,30). The minimum absolute atomic E-state index is 0.208. The zero-order chi connectivity index (χ0) is 21.2. The summed E-state index contributed by atoms with van der Waals surface area (Å²) in [5.41, 5.74) is 5.23. The van der Waals surface area contributed by atoms with Crippen LogP contribution in [0.4, 0.5) is 5.82 Å². The lowest BCUT2D eigenvalue weighted by Gasteiger charge is -2.21. The molecule has 0 aliphatic carbocycles. The Bertz CT molecular complexity index is 1280. The number of hydrogen-bond donors (Lipinski definition) is 1. The van der Waals surface area contributed by atoms with E-state index in [1.165, 1.54) is 16.9 Å². The summed E-state index contributed by atoms with van der Waals surface area (Å²) in [5, 5.41) is 4.77. The molecule has 0 fully saturated rings. The van der Waals surface area contributed by atoms with Gasteiger partial charge in [-0.05, 0) is 48.7 Å². The predicted octanol–water partition coefficient (Wildman–Crippen LogP) is 4.12.